The summed E-state index contributed by atoms with van der Waals surface area (Å²) >= 11 is 0. The number of aliphatic hydroxyl groups is 1. The summed E-state index contributed by atoms with van der Waals surface area (Å²) in [6.07, 6.45) is 9.45. The van der Waals surface area contributed by atoms with Gasteiger partial charge < -0.3 is 10.4 Å². The largest absolute Gasteiger partial charge is 0.389 e. The van der Waals surface area contributed by atoms with Crippen LogP contribution in [-0.2, 0) is 6.54 Å². The molecule has 0 atom stereocenters. The highest BCUT2D eigenvalue weighted by Crippen LogP contribution is 2.44. The summed E-state index contributed by atoms with van der Waals surface area (Å²) in [5.41, 5.74) is 4.22. The minimum atomic E-state index is -0.896. The number of nitrogens with zero attached hydrogens (tertiary/aromatic N) is 8. The zero-order valence-corrected chi connectivity index (χ0v) is 25.0. The van der Waals surface area contributed by atoms with Crippen molar-refractivity contribution < 1.29 is 14.3 Å². The summed E-state index contributed by atoms with van der Waals surface area (Å²) in [6.45, 7) is 9.62. The van der Waals surface area contributed by atoms with Gasteiger partial charge in [0.15, 0.2) is 0 Å². The number of aryl methyl sites for hydroxylation is 1. The first kappa shape index (κ1) is 28.7. The topological polar surface area (TPSA) is 128 Å². The highest BCUT2D eigenvalue weighted by atomic mass is 19.1. The number of aromatic nitrogens is 8. The van der Waals surface area contributed by atoms with Gasteiger partial charge in [-0.3, -0.25) is 9.48 Å². The van der Waals surface area contributed by atoms with Crippen molar-refractivity contribution in [2.24, 2.45) is 0 Å². The SMILES string of the molecule is CC.Cc1cc(F)c(-c2nnn(C3CC3)n2)cc1NC(=O)c1cnn2ccc(-c3cn(CC(C)(C)O)nc3C3CC3)cc12. The van der Waals surface area contributed by atoms with Crippen LogP contribution in [0, 0.1) is 12.7 Å². The molecule has 4 heterocycles. The fraction of sp³-hybridized carbons (Fsp3) is 0.419. The van der Waals surface area contributed by atoms with E-state index in [1.165, 1.54) is 17.1 Å². The predicted molar refractivity (Wildman–Crippen MR) is 160 cm³/mol. The lowest BCUT2D eigenvalue weighted by atomic mass is 10.0. The number of rotatable bonds is 8. The standard InChI is InChI=1S/C29H30FN9O2.C2H6/c1-16-10-23(30)20(27-33-36-39(35-27)19-6-7-19)12-24(16)32-28(40)21-13-31-38-9-8-18(11-25(21)38)22-14-37(15-29(2,3)41)34-26(22)17-4-5-17;1-2/h8-14,17,19,41H,4-7,15H2,1-3H3,(H,32,40);1-2H3. The van der Waals surface area contributed by atoms with Crippen LogP contribution in [0.25, 0.3) is 28.0 Å². The molecule has 2 saturated carbocycles. The second-order valence-electron chi connectivity index (χ2n) is 11.8. The Hall–Kier alpha value is -4.45. The van der Waals surface area contributed by atoms with E-state index in [9.17, 15) is 14.3 Å². The molecule has 2 N–H and O–H groups in total. The summed E-state index contributed by atoms with van der Waals surface area (Å²) < 4.78 is 18.3. The molecule has 1 aromatic carbocycles. The number of hydrogen-bond acceptors (Lipinski definition) is 7. The number of carbonyl (C=O) groups is 1. The summed E-state index contributed by atoms with van der Waals surface area (Å²) in [5, 5.41) is 34.8. The van der Waals surface area contributed by atoms with Crippen LogP contribution in [-0.4, -0.2) is 56.2 Å². The molecule has 0 aliphatic heterocycles. The number of hydrogen-bond donors (Lipinski definition) is 2. The Morgan fingerprint density at radius 3 is 2.58 bits per heavy atom. The summed E-state index contributed by atoms with van der Waals surface area (Å²) in [7, 11) is 0. The van der Waals surface area contributed by atoms with Gasteiger partial charge in [0.05, 0.1) is 46.7 Å². The van der Waals surface area contributed by atoms with Crippen LogP contribution in [0.1, 0.15) is 87.0 Å². The van der Waals surface area contributed by atoms with Gasteiger partial charge in [-0.2, -0.15) is 15.0 Å². The molecule has 0 saturated heterocycles. The van der Waals surface area contributed by atoms with Crippen molar-refractivity contribution in [3.05, 3.63) is 65.5 Å². The molecule has 7 rings (SSSR count). The monoisotopic (exact) mass is 585 g/mol. The number of tetrazole rings is 1. The van der Waals surface area contributed by atoms with E-state index >= 15 is 0 Å². The fourth-order valence-corrected chi connectivity index (χ4v) is 5.08. The second kappa shape index (κ2) is 11.0. The molecule has 0 bridgehead atoms. The van der Waals surface area contributed by atoms with E-state index in [1.807, 2.05) is 38.4 Å². The molecule has 0 spiro atoms. The van der Waals surface area contributed by atoms with Crippen molar-refractivity contribution in [1.82, 2.24) is 39.6 Å². The molecular formula is C31H36FN9O2. The van der Waals surface area contributed by atoms with Gasteiger partial charge in [-0.25, -0.2) is 8.91 Å². The van der Waals surface area contributed by atoms with Gasteiger partial charge in [0.1, 0.15) is 5.82 Å². The van der Waals surface area contributed by atoms with Crippen molar-refractivity contribution >= 4 is 17.1 Å². The number of pyridine rings is 1. The average molecular weight is 586 g/mol. The third-order valence-corrected chi connectivity index (χ3v) is 7.49. The Labute approximate surface area is 248 Å². The molecule has 2 fully saturated rings. The van der Waals surface area contributed by atoms with Crippen molar-refractivity contribution in [3.63, 3.8) is 0 Å². The van der Waals surface area contributed by atoms with Crippen molar-refractivity contribution in [2.75, 3.05) is 5.32 Å². The first-order valence-corrected chi connectivity index (χ1v) is 14.8. The van der Waals surface area contributed by atoms with Gasteiger partial charge in [0.2, 0.25) is 5.82 Å². The molecule has 43 heavy (non-hydrogen) atoms. The first-order chi connectivity index (χ1) is 20.6. The van der Waals surface area contributed by atoms with Crippen LogP contribution in [0.15, 0.2) is 42.9 Å². The molecule has 2 aliphatic rings. The Balaban J connectivity index is 0.00000161. The van der Waals surface area contributed by atoms with Crippen LogP contribution >= 0.6 is 0 Å². The maximum atomic E-state index is 14.9. The van der Waals surface area contributed by atoms with E-state index in [1.54, 1.807) is 36.0 Å². The molecule has 12 heteroatoms. The zero-order valence-electron chi connectivity index (χ0n) is 25.0. The number of anilines is 1. The highest BCUT2D eigenvalue weighted by molar-refractivity contribution is 6.09. The Morgan fingerprint density at radius 1 is 1.12 bits per heavy atom. The lowest BCUT2D eigenvalue weighted by Gasteiger charge is -2.16. The normalized spacial score (nSPS) is 15.0. The van der Waals surface area contributed by atoms with E-state index in [0.29, 0.717) is 34.8 Å². The smallest absolute Gasteiger partial charge is 0.259 e. The number of nitrogens with one attached hydrogen (secondary N) is 1. The van der Waals surface area contributed by atoms with Gasteiger partial charge >= 0.3 is 0 Å². The average Bonchev–Trinajstić information content (AvgIpc) is 3.87. The molecule has 0 radical (unpaired) electrons. The summed E-state index contributed by atoms with van der Waals surface area (Å²) in [4.78, 5) is 15.0. The summed E-state index contributed by atoms with van der Waals surface area (Å²) in [6, 6.07) is 7.02. The molecule has 11 nitrogen and oxygen atoms in total. The number of carbonyl (C=O) groups excluding carboxylic acids is 1. The first-order valence-electron chi connectivity index (χ1n) is 14.8. The van der Waals surface area contributed by atoms with Crippen LogP contribution in [0.3, 0.4) is 0 Å². The van der Waals surface area contributed by atoms with Crippen molar-refractivity contribution in [1.29, 1.82) is 0 Å². The van der Waals surface area contributed by atoms with Gasteiger partial charge in [-0.15, -0.1) is 10.2 Å². The van der Waals surface area contributed by atoms with Crippen LogP contribution in [0.2, 0.25) is 0 Å². The van der Waals surface area contributed by atoms with Gasteiger partial charge in [0.25, 0.3) is 5.91 Å². The lowest BCUT2D eigenvalue weighted by Crippen LogP contribution is -2.26. The second-order valence-corrected chi connectivity index (χ2v) is 11.8. The van der Waals surface area contributed by atoms with E-state index in [-0.39, 0.29) is 23.3 Å². The Morgan fingerprint density at radius 2 is 1.88 bits per heavy atom. The number of amides is 1. The molecule has 2 aliphatic carbocycles. The highest BCUT2D eigenvalue weighted by Gasteiger charge is 2.31. The molecular weight excluding hydrogens is 549 g/mol. The van der Waals surface area contributed by atoms with Gasteiger partial charge in [-0.1, -0.05) is 13.8 Å². The molecule has 4 aromatic heterocycles. The number of halogens is 1. The fourth-order valence-electron chi connectivity index (χ4n) is 5.08. The molecule has 224 valence electrons. The third-order valence-electron chi connectivity index (χ3n) is 7.49. The van der Waals surface area contributed by atoms with Crippen molar-refractivity contribution in [3.8, 4) is 22.5 Å². The van der Waals surface area contributed by atoms with Crippen LogP contribution < -0.4 is 5.32 Å². The molecule has 1 amide bonds. The number of fused-ring (bicyclic) bond motifs is 1. The molecule has 5 aromatic rings. The van der Waals surface area contributed by atoms with Gasteiger partial charge in [-0.05, 0) is 87.1 Å². The van der Waals surface area contributed by atoms with E-state index < -0.39 is 11.4 Å². The minimum absolute atomic E-state index is 0.177. The van der Waals surface area contributed by atoms with E-state index in [0.717, 1.165) is 42.5 Å². The van der Waals surface area contributed by atoms with E-state index in [2.05, 4.69) is 25.8 Å². The quantitative estimate of drug-likeness (QED) is 0.244. The Bertz CT molecular complexity index is 1810. The Kier molecular flexibility index (Phi) is 7.33. The maximum absolute atomic E-state index is 14.9. The van der Waals surface area contributed by atoms with Crippen molar-refractivity contribution in [2.45, 2.75) is 84.4 Å². The van der Waals surface area contributed by atoms with Crippen LogP contribution in [0.5, 0.6) is 0 Å². The van der Waals surface area contributed by atoms with Gasteiger partial charge in [0, 0.05) is 29.6 Å². The lowest BCUT2D eigenvalue weighted by molar-refractivity contribution is 0.0576. The summed E-state index contributed by atoms with van der Waals surface area (Å²) in [5.74, 6) is -0.268. The van der Waals surface area contributed by atoms with Crippen LogP contribution in [0.4, 0.5) is 10.1 Å². The van der Waals surface area contributed by atoms with E-state index in [4.69, 9.17) is 5.10 Å². The number of benzene rings is 1. The predicted octanol–water partition coefficient (Wildman–Crippen LogP) is 5.56. The third kappa shape index (κ3) is 5.92. The minimum Gasteiger partial charge on any atom is -0.389 e. The zero-order chi connectivity index (χ0) is 30.5. The molecule has 0 unspecified atom stereocenters. The maximum Gasteiger partial charge on any atom is 0.259 e.